The molecule has 2 aliphatic heterocycles. The van der Waals surface area contributed by atoms with Gasteiger partial charge < -0.3 is 10.6 Å². The summed E-state index contributed by atoms with van der Waals surface area (Å²) in [6.07, 6.45) is 3.06. The Morgan fingerprint density at radius 1 is 1.03 bits per heavy atom. The molecule has 0 aromatic heterocycles. The fraction of sp³-hybridized carbons (Fsp3) is 0.444. The van der Waals surface area contributed by atoms with E-state index in [1.807, 2.05) is 12.1 Å². The summed E-state index contributed by atoms with van der Waals surface area (Å²) in [7, 11) is 0. The van der Waals surface area contributed by atoms with Crippen LogP contribution in [0.1, 0.15) is 69.2 Å². The van der Waals surface area contributed by atoms with Crippen molar-refractivity contribution in [1.29, 1.82) is 0 Å². The van der Waals surface area contributed by atoms with Crippen LogP contribution in [0.2, 0.25) is 0 Å². The van der Waals surface area contributed by atoms with Crippen molar-refractivity contribution >= 4 is 28.7 Å². The molecule has 4 unspecified atom stereocenters. The van der Waals surface area contributed by atoms with Crippen molar-refractivity contribution in [3.8, 4) is 0 Å². The first-order chi connectivity index (χ1) is 17.4. The predicted octanol–water partition coefficient (Wildman–Crippen LogP) is 5.25. The number of rotatable bonds is 4. The van der Waals surface area contributed by atoms with E-state index < -0.39 is 4.87 Å². The van der Waals surface area contributed by atoms with Crippen LogP contribution in [-0.4, -0.2) is 26.9 Å². The molecule has 2 fully saturated rings. The van der Waals surface area contributed by atoms with Crippen molar-refractivity contribution < 1.29 is 18.4 Å². The number of benzene rings is 2. The Bertz CT molecular complexity index is 1150. The number of carbonyl (C=O) groups is 2. The molecule has 2 aromatic rings. The van der Waals surface area contributed by atoms with Gasteiger partial charge in [-0.3, -0.25) is 9.59 Å². The SMILES string of the molecule is CCC(=O)NC1=NN(C(=O)CC)C2(S1)C1CCCC2C(c2cccc(F)c2)NC1c1cccc(F)c1. The number of hydrogen-bond donors (Lipinski definition) is 2. The number of carbonyl (C=O) groups excluding carboxylic acids is 2. The molecular formula is C27H30F2N4O2S. The third-order valence-electron chi connectivity index (χ3n) is 7.56. The van der Waals surface area contributed by atoms with E-state index in [4.69, 9.17) is 0 Å². The Labute approximate surface area is 213 Å². The first-order valence-corrected chi connectivity index (χ1v) is 13.4. The Morgan fingerprint density at radius 3 is 2.11 bits per heavy atom. The second-order valence-corrected chi connectivity index (χ2v) is 10.8. The zero-order chi connectivity index (χ0) is 25.4. The summed E-state index contributed by atoms with van der Waals surface area (Å²) in [5.74, 6) is -1.21. The number of amides is 2. The standard InChI is InChI=1S/C27H30F2N4O2S/c1-3-22(34)30-26-32-33(23(35)4-2)27(36-26)20-12-7-13-21(27)25(17-9-6-11-19(29)15-17)31-24(20)16-8-5-10-18(28)14-16/h5-6,8-11,14-15,20-21,24-25,31H,3-4,7,12-13H2,1-2H3,(H,30,32,34). The summed E-state index contributed by atoms with van der Waals surface area (Å²) in [5, 5.41) is 13.2. The number of piperidine rings is 1. The average molecular weight is 513 g/mol. The van der Waals surface area contributed by atoms with Gasteiger partial charge in [-0.05, 0) is 48.2 Å². The van der Waals surface area contributed by atoms with E-state index in [1.54, 1.807) is 31.0 Å². The summed E-state index contributed by atoms with van der Waals surface area (Å²) in [5.41, 5.74) is 1.55. The molecular weight excluding hydrogens is 482 g/mol. The zero-order valence-corrected chi connectivity index (χ0v) is 21.2. The monoisotopic (exact) mass is 512 g/mol. The van der Waals surface area contributed by atoms with Gasteiger partial charge in [-0.25, -0.2) is 13.8 Å². The number of thioether (sulfide) groups is 1. The molecule has 2 heterocycles. The van der Waals surface area contributed by atoms with Crippen LogP contribution >= 0.6 is 11.8 Å². The molecule has 2 amide bonds. The maximum absolute atomic E-state index is 14.4. The van der Waals surface area contributed by atoms with E-state index in [-0.39, 0.29) is 53.8 Å². The van der Waals surface area contributed by atoms with Gasteiger partial charge in [-0.15, -0.1) is 5.10 Å². The molecule has 36 heavy (non-hydrogen) atoms. The van der Waals surface area contributed by atoms with Gasteiger partial charge in [0.25, 0.3) is 0 Å². The molecule has 1 aliphatic carbocycles. The maximum atomic E-state index is 14.4. The van der Waals surface area contributed by atoms with E-state index in [1.165, 1.54) is 36.0 Å². The number of hydrazone groups is 1. The summed E-state index contributed by atoms with van der Waals surface area (Å²) in [6, 6.07) is 12.4. The molecule has 2 bridgehead atoms. The Morgan fingerprint density at radius 2 is 1.61 bits per heavy atom. The highest BCUT2D eigenvalue weighted by molar-refractivity contribution is 8.15. The average Bonchev–Trinajstić information content (AvgIpc) is 3.21. The third-order valence-corrected chi connectivity index (χ3v) is 9.04. The summed E-state index contributed by atoms with van der Waals surface area (Å²) >= 11 is 1.42. The molecule has 1 spiro atoms. The fourth-order valence-electron chi connectivity index (χ4n) is 6.05. The molecule has 2 N–H and O–H groups in total. The van der Waals surface area contributed by atoms with E-state index in [2.05, 4.69) is 15.7 Å². The smallest absolute Gasteiger partial charge is 0.243 e. The van der Waals surface area contributed by atoms with Gasteiger partial charge in [-0.2, -0.15) is 0 Å². The number of halogens is 2. The van der Waals surface area contributed by atoms with E-state index in [0.717, 1.165) is 30.4 Å². The predicted molar refractivity (Wildman–Crippen MR) is 136 cm³/mol. The minimum absolute atomic E-state index is 0.108. The number of nitrogens with one attached hydrogen (secondary N) is 2. The highest BCUT2D eigenvalue weighted by Crippen LogP contribution is 2.63. The molecule has 190 valence electrons. The molecule has 6 nitrogen and oxygen atoms in total. The number of nitrogens with zero attached hydrogens (tertiary/aromatic N) is 2. The number of amidine groups is 1. The van der Waals surface area contributed by atoms with Gasteiger partial charge in [0.2, 0.25) is 11.8 Å². The van der Waals surface area contributed by atoms with Gasteiger partial charge in [0.05, 0.1) is 0 Å². The third kappa shape index (κ3) is 4.22. The Hall–Kier alpha value is -2.78. The highest BCUT2D eigenvalue weighted by Gasteiger charge is 2.64. The van der Waals surface area contributed by atoms with Gasteiger partial charge >= 0.3 is 0 Å². The van der Waals surface area contributed by atoms with E-state index in [9.17, 15) is 18.4 Å². The molecule has 1 saturated carbocycles. The van der Waals surface area contributed by atoms with Crippen LogP contribution in [0.4, 0.5) is 8.78 Å². The van der Waals surface area contributed by atoms with Crippen LogP contribution in [0.5, 0.6) is 0 Å². The summed E-state index contributed by atoms with van der Waals surface area (Å²) in [6.45, 7) is 3.56. The van der Waals surface area contributed by atoms with Crippen molar-refractivity contribution in [1.82, 2.24) is 15.6 Å². The molecule has 1 saturated heterocycles. The van der Waals surface area contributed by atoms with Crippen LogP contribution < -0.4 is 10.6 Å². The van der Waals surface area contributed by atoms with Crippen LogP contribution in [0, 0.1) is 23.5 Å². The van der Waals surface area contributed by atoms with Crippen LogP contribution in [0.3, 0.4) is 0 Å². The fourth-order valence-corrected chi connectivity index (χ4v) is 7.69. The van der Waals surface area contributed by atoms with Gasteiger partial charge in [0.1, 0.15) is 16.5 Å². The van der Waals surface area contributed by atoms with Crippen molar-refractivity contribution in [3.63, 3.8) is 0 Å². The van der Waals surface area contributed by atoms with Crippen molar-refractivity contribution in [2.75, 3.05) is 0 Å². The minimum atomic E-state index is -0.805. The van der Waals surface area contributed by atoms with Crippen LogP contribution in [-0.2, 0) is 9.59 Å². The van der Waals surface area contributed by atoms with Crippen molar-refractivity contribution in [2.24, 2.45) is 16.9 Å². The molecule has 3 aliphatic rings. The molecule has 4 atom stereocenters. The second kappa shape index (κ2) is 9.94. The number of hydrogen-bond acceptors (Lipinski definition) is 5. The molecule has 5 rings (SSSR count). The first-order valence-electron chi connectivity index (χ1n) is 12.5. The molecule has 0 radical (unpaired) electrons. The van der Waals surface area contributed by atoms with Crippen molar-refractivity contribution in [3.05, 3.63) is 71.3 Å². The lowest BCUT2D eigenvalue weighted by Gasteiger charge is -2.59. The molecule has 9 heteroatoms. The first kappa shape index (κ1) is 24.9. The Kier molecular flexibility index (Phi) is 6.87. The highest BCUT2D eigenvalue weighted by atomic mass is 32.2. The maximum Gasteiger partial charge on any atom is 0.243 e. The Balaban J connectivity index is 1.67. The lowest BCUT2D eigenvalue weighted by molar-refractivity contribution is -0.142. The largest absolute Gasteiger partial charge is 0.304 e. The van der Waals surface area contributed by atoms with Crippen LogP contribution in [0.25, 0.3) is 0 Å². The van der Waals surface area contributed by atoms with E-state index in [0.29, 0.717) is 11.6 Å². The second-order valence-electron chi connectivity index (χ2n) is 9.60. The minimum Gasteiger partial charge on any atom is -0.304 e. The quantitative estimate of drug-likeness (QED) is 0.587. The normalized spacial score (nSPS) is 29.2. The summed E-state index contributed by atoms with van der Waals surface area (Å²) in [4.78, 5) is 24.8. The van der Waals surface area contributed by atoms with Gasteiger partial charge in [0, 0.05) is 36.8 Å². The molecule has 2 aromatic carbocycles. The lowest BCUT2D eigenvalue weighted by Crippen LogP contribution is -2.65. The summed E-state index contributed by atoms with van der Waals surface area (Å²) < 4.78 is 28.7. The lowest BCUT2D eigenvalue weighted by atomic mass is 9.64. The topological polar surface area (TPSA) is 73.8 Å². The van der Waals surface area contributed by atoms with E-state index >= 15 is 0 Å². The van der Waals surface area contributed by atoms with Gasteiger partial charge in [0.15, 0.2) is 5.17 Å². The van der Waals surface area contributed by atoms with Crippen molar-refractivity contribution in [2.45, 2.75) is 62.9 Å². The van der Waals surface area contributed by atoms with Gasteiger partial charge in [-0.1, -0.05) is 56.3 Å². The zero-order valence-electron chi connectivity index (χ0n) is 20.3. The van der Waals surface area contributed by atoms with Crippen LogP contribution in [0.15, 0.2) is 53.6 Å².